The van der Waals surface area contributed by atoms with E-state index in [-0.39, 0.29) is 11.7 Å². The first-order valence-electron chi connectivity index (χ1n) is 10.8. The molecule has 0 bridgehead atoms. The average Bonchev–Trinajstić information content (AvgIpc) is 3.26. The van der Waals surface area contributed by atoms with E-state index in [0.717, 1.165) is 0 Å². The maximum Gasteiger partial charge on any atom is 0.255 e. The Morgan fingerprint density at radius 3 is 2.74 bits per heavy atom. The van der Waals surface area contributed by atoms with E-state index in [1.54, 1.807) is 53.5 Å². The first kappa shape index (κ1) is 23.1. The van der Waals surface area contributed by atoms with Gasteiger partial charge in [0, 0.05) is 28.2 Å². The topological polar surface area (TPSA) is 84.7 Å². The number of nitrogens with zero attached hydrogens (tertiary/aromatic N) is 4. The van der Waals surface area contributed by atoms with Crippen LogP contribution in [0.3, 0.4) is 0 Å². The Balaban J connectivity index is 1.51. The van der Waals surface area contributed by atoms with Crippen molar-refractivity contribution in [3.63, 3.8) is 0 Å². The molecule has 176 valence electrons. The Labute approximate surface area is 210 Å². The zero-order valence-corrected chi connectivity index (χ0v) is 20.1. The van der Waals surface area contributed by atoms with Gasteiger partial charge in [0.15, 0.2) is 0 Å². The van der Waals surface area contributed by atoms with E-state index in [9.17, 15) is 9.18 Å². The molecule has 0 aliphatic carbocycles. The molecule has 1 aliphatic rings. The van der Waals surface area contributed by atoms with Gasteiger partial charge in [0.05, 0.1) is 17.5 Å². The van der Waals surface area contributed by atoms with Gasteiger partial charge in [-0.15, -0.1) is 5.10 Å². The lowest BCUT2D eigenvalue weighted by Gasteiger charge is -2.29. The third kappa shape index (κ3) is 4.78. The zero-order chi connectivity index (χ0) is 24.4. The van der Waals surface area contributed by atoms with Gasteiger partial charge in [-0.3, -0.25) is 9.78 Å². The fourth-order valence-corrected chi connectivity index (χ4v) is 4.92. The molecule has 0 saturated heterocycles. The Hall–Kier alpha value is -3.69. The number of nitrogens with one attached hydrogen (secondary N) is 2. The minimum absolute atomic E-state index is 0.275. The summed E-state index contributed by atoms with van der Waals surface area (Å²) < 4.78 is 15.7. The SMILES string of the molecule is CC1=C(C(=O)Nc2cccnc2)[C@H](c2ccccc2Cl)n2nc(SCc3ccccc3F)nc2N1. The van der Waals surface area contributed by atoms with E-state index in [0.29, 0.717) is 50.0 Å². The standard InChI is InChI=1S/C25H20ClFN6OS/c1-15-21(23(34)30-17-8-6-12-28-13-17)22(18-9-3-4-10-19(18)26)33-24(29-15)31-25(32-33)35-14-16-7-2-5-11-20(16)27/h2-13,22H,14H2,1H3,(H,30,34)(H,29,31,32)/t22-/m0/s1. The molecule has 2 aromatic heterocycles. The van der Waals surface area contributed by atoms with Crippen molar-refractivity contribution in [3.05, 3.63) is 106 Å². The number of hydrogen-bond donors (Lipinski definition) is 2. The van der Waals surface area contributed by atoms with Gasteiger partial charge in [0.1, 0.15) is 11.9 Å². The highest BCUT2D eigenvalue weighted by Crippen LogP contribution is 2.39. The van der Waals surface area contributed by atoms with Crippen molar-refractivity contribution < 1.29 is 9.18 Å². The summed E-state index contributed by atoms with van der Waals surface area (Å²) in [4.78, 5) is 22.1. The van der Waals surface area contributed by atoms with E-state index in [2.05, 4.69) is 25.7 Å². The first-order valence-corrected chi connectivity index (χ1v) is 12.1. The van der Waals surface area contributed by atoms with Gasteiger partial charge in [-0.2, -0.15) is 4.98 Å². The quantitative estimate of drug-likeness (QED) is 0.327. The normalized spacial score (nSPS) is 14.9. The van der Waals surface area contributed by atoms with Crippen molar-refractivity contribution in [2.45, 2.75) is 23.9 Å². The van der Waals surface area contributed by atoms with E-state index < -0.39 is 6.04 Å². The summed E-state index contributed by atoms with van der Waals surface area (Å²) in [6, 6.07) is 16.8. The number of allylic oxidation sites excluding steroid dienone is 1. The molecule has 1 aliphatic heterocycles. The Kier molecular flexibility index (Phi) is 6.52. The van der Waals surface area contributed by atoms with Gasteiger partial charge in [-0.25, -0.2) is 9.07 Å². The van der Waals surface area contributed by atoms with Crippen molar-refractivity contribution in [2.75, 3.05) is 10.6 Å². The van der Waals surface area contributed by atoms with Gasteiger partial charge in [0.25, 0.3) is 5.91 Å². The molecule has 10 heteroatoms. The summed E-state index contributed by atoms with van der Waals surface area (Å²) in [5.74, 6) is 0.257. The number of rotatable bonds is 6. The second-order valence-electron chi connectivity index (χ2n) is 7.83. The van der Waals surface area contributed by atoms with Crippen molar-refractivity contribution in [3.8, 4) is 0 Å². The van der Waals surface area contributed by atoms with Crippen LogP contribution in [-0.4, -0.2) is 25.7 Å². The summed E-state index contributed by atoms with van der Waals surface area (Å²) >= 11 is 7.89. The minimum atomic E-state index is -0.619. The number of amides is 1. The predicted octanol–water partition coefficient (Wildman–Crippen LogP) is 5.69. The summed E-state index contributed by atoms with van der Waals surface area (Å²) in [7, 11) is 0. The highest BCUT2D eigenvalue weighted by molar-refractivity contribution is 7.98. The van der Waals surface area contributed by atoms with E-state index in [1.165, 1.54) is 17.8 Å². The van der Waals surface area contributed by atoms with Crippen LogP contribution in [0.5, 0.6) is 0 Å². The van der Waals surface area contributed by atoms with Crippen LogP contribution < -0.4 is 10.6 Å². The number of thioether (sulfide) groups is 1. The number of halogens is 2. The maximum atomic E-state index is 14.1. The molecule has 5 rings (SSSR count). The number of anilines is 2. The Morgan fingerprint density at radius 2 is 1.97 bits per heavy atom. The molecule has 1 amide bonds. The molecule has 0 fully saturated rings. The largest absolute Gasteiger partial charge is 0.328 e. The van der Waals surface area contributed by atoms with Crippen LogP contribution >= 0.6 is 23.4 Å². The average molecular weight is 507 g/mol. The molecule has 2 N–H and O–H groups in total. The van der Waals surface area contributed by atoms with Crippen LogP contribution in [0.15, 0.2) is 89.5 Å². The molecule has 4 aromatic rings. The van der Waals surface area contributed by atoms with Crippen LogP contribution in [0.2, 0.25) is 5.02 Å². The number of carbonyl (C=O) groups excluding carboxylic acids is 1. The summed E-state index contributed by atoms with van der Waals surface area (Å²) in [6.07, 6.45) is 3.21. The summed E-state index contributed by atoms with van der Waals surface area (Å²) in [6.45, 7) is 1.81. The first-order chi connectivity index (χ1) is 17.0. The third-order valence-corrected chi connectivity index (χ3v) is 6.74. The Morgan fingerprint density at radius 1 is 1.17 bits per heavy atom. The van der Waals surface area contributed by atoms with Crippen molar-refractivity contribution in [2.24, 2.45) is 0 Å². The molecule has 2 aromatic carbocycles. The van der Waals surface area contributed by atoms with Gasteiger partial charge < -0.3 is 10.6 Å². The number of hydrogen-bond acceptors (Lipinski definition) is 6. The van der Waals surface area contributed by atoms with Crippen LogP contribution in [0.25, 0.3) is 0 Å². The minimum Gasteiger partial charge on any atom is -0.328 e. The molecule has 3 heterocycles. The number of pyridine rings is 1. The molecule has 0 unspecified atom stereocenters. The highest BCUT2D eigenvalue weighted by Gasteiger charge is 2.35. The lowest BCUT2D eigenvalue weighted by molar-refractivity contribution is -0.113. The summed E-state index contributed by atoms with van der Waals surface area (Å²) in [5, 5.41) is 11.7. The number of fused-ring (bicyclic) bond motifs is 1. The third-order valence-electron chi connectivity index (χ3n) is 5.51. The number of carbonyl (C=O) groups is 1. The molecule has 7 nitrogen and oxygen atoms in total. The lowest BCUT2D eigenvalue weighted by atomic mass is 9.95. The highest BCUT2D eigenvalue weighted by atomic mass is 35.5. The second kappa shape index (κ2) is 9.89. The van der Waals surface area contributed by atoms with Crippen molar-refractivity contribution in [1.29, 1.82) is 0 Å². The number of benzene rings is 2. The van der Waals surface area contributed by atoms with E-state index in [1.807, 2.05) is 25.1 Å². The van der Waals surface area contributed by atoms with E-state index >= 15 is 0 Å². The second-order valence-corrected chi connectivity index (χ2v) is 9.18. The monoisotopic (exact) mass is 506 g/mol. The summed E-state index contributed by atoms with van der Waals surface area (Å²) in [5.41, 5.74) is 2.92. The predicted molar refractivity (Wildman–Crippen MR) is 135 cm³/mol. The fourth-order valence-electron chi connectivity index (χ4n) is 3.86. The fraction of sp³-hybridized carbons (Fsp3) is 0.120. The van der Waals surface area contributed by atoms with Crippen LogP contribution in [0.4, 0.5) is 16.0 Å². The van der Waals surface area contributed by atoms with Crippen LogP contribution in [0, 0.1) is 5.82 Å². The molecule has 0 radical (unpaired) electrons. The Bertz CT molecular complexity index is 1420. The molecule has 0 spiro atoms. The molecule has 35 heavy (non-hydrogen) atoms. The van der Waals surface area contributed by atoms with Crippen molar-refractivity contribution >= 4 is 40.9 Å². The smallest absolute Gasteiger partial charge is 0.255 e. The molecular formula is C25H20ClFN6OS. The van der Waals surface area contributed by atoms with Gasteiger partial charge in [0.2, 0.25) is 11.1 Å². The zero-order valence-electron chi connectivity index (χ0n) is 18.6. The van der Waals surface area contributed by atoms with Gasteiger partial charge in [-0.1, -0.05) is 59.8 Å². The number of aromatic nitrogens is 4. The maximum absolute atomic E-state index is 14.1. The molecular weight excluding hydrogens is 487 g/mol. The molecule has 0 saturated carbocycles. The van der Waals surface area contributed by atoms with Gasteiger partial charge in [-0.05, 0) is 36.8 Å². The van der Waals surface area contributed by atoms with Gasteiger partial charge >= 0.3 is 0 Å². The molecule has 1 atom stereocenters. The lowest BCUT2D eigenvalue weighted by Crippen LogP contribution is -2.31. The van der Waals surface area contributed by atoms with Crippen LogP contribution in [-0.2, 0) is 10.5 Å². The van der Waals surface area contributed by atoms with E-state index in [4.69, 9.17) is 11.6 Å². The van der Waals surface area contributed by atoms with Crippen molar-refractivity contribution in [1.82, 2.24) is 19.7 Å². The van der Waals surface area contributed by atoms with Crippen LogP contribution in [0.1, 0.15) is 24.1 Å².